The van der Waals surface area contributed by atoms with Crippen molar-refractivity contribution in [3.8, 4) is 17.1 Å². The molecular formula is C17H21N3O5. The number of benzene rings is 1. The monoisotopic (exact) mass is 347 g/mol. The van der Waals surface area contributed by atoms with Gasteiger partial charge in [-0.1, -0.05) is 5.16 Å². The summed E-state index contributed by atoms with van der Waals surface area (Å²) in [5, 5.41) is 16.5. The third kappa shape index (κ3) is 4.09. The molecule has 25 heavy (non-hydrogen) atoms. The Bertz CT molecular complexity index is 708. The zero-order valence-corrected chi connectivity index (χ0v) is 14.0. The van der Waals surface area contributed by atoms with Gasteiger partial charge in [-0.25, -0.2) is 4.79 Å². The van der Waals surface area contributed by atoms with Crippen LogP contribution in [0, 0.1) is 0 Å². The number of carbonyl (C=O) groups is 1. The highest BCUT2D eigenvalue weighted by Crippen LogP contribution is 2.30. The van der Waals surface area contributed by atoms with Gasteiger partial charge in [0, 0.05) is 31.7 Å². The molecule has 0 saturated carbocycles. The molecule has 1 aromatic heterocycles. The first-order chi connectivity index (χ1) is 12.2. The van der Waals surface area contributed by atoms with Crippen molar-refractivity contribution in [1.82, 2.24) is 10.1 Å². The highest BCUT2D eigenvalue weighted by atomic mass is 16.5. The van der Waals surface area contributed by atoms with E-state index in [0.29, 0.717) is 17.9 Å². The predicted octanol–water partition coefficient (Wildman–Crippen LogP) is 1.79. The van der Waals surface area contributed by atoms with Crippen molar-refractivity contribution in [3.05, 3.63) is 29.8 Å². The van der Waals surface area contributed by atoms with Crippen molar-refractivity contribution in [1.29, 1.82) is 0 Å². The summed E-state index contributed by atoms with van der Waals surface area (Å²) in [5.74, 6) is 0.0699. The number of methoxy groups -OCH3 is 1. The van der Waals surface area contributed by atoms with Crippen molar-refractivity contribution < 1.29 is 23.9 Å². The number of anilines is 1. The fourth-order valence-corrected chi connectivity index (χ4v) is 2.71. The van der Waals surface area contributed by atoms with E-state index in [1.54, 1.807) is 31.4 Å². The Morgan fingerprint density at radius 1 is 1.32 bits per heavy atom. The number of ether oxygens (including phenoxy) is 2. The zero-order chi connectivity index (χ0) is 17.6. The second kappa shape index (κ2) is 8.00. The van der Waals surface area contributed by atoms with Crippen LogP contribution >= 0.6 is 0 Å². The number of hydrogen-bond donors (Lipinski definition) is 2. The van der Waals surface area contributed by atoms with Crippen LogP contribution in [0.5, 0.6) is 5.75 Å². The lowest BCUT2D eigenvalue weighted by molar-refractivity contribution is 0.0398. The van der Waals surface area contributed by atoms with Crippen LogP contribution in [0.25, 0.3) is 11.3 Å². The molecule has 0 atom stereocenters. The average Bonchev–Trinajstić information content (AvgIpc) is 3.07. The van der Waals surface area contributed by atoms with E-state index in [-0.39, 0.29) is 17.1 Å². The largest absolute Gasteiger partial charge is 0.497 e. The van der Waals surface area contributed by atoms with Gasteiger partial charge in [0.1, 0.15) is 5.75 Å². The molecule has 0 radical (unpaired) electrons. The molecule has 0 aliphatic carbocycles. The molecule has 3 rings (SSSR count). The molecule has 0 bridgehead atoms. The molecule has 2 aromatic rings. The molecule has 0 amide bonds. The van der Waals surface area contributed by atoms with Gasteiger partial charge in [0.25, 0.3) is 0 Å². The molecule has 0 unspecified atom stereocenters. The van der Waals surface area contributed by atoms with Gasteiger partial charge in [-0.05, 0) is 24.3 Å². The molecule has 8 heteroatoms. The van der Waals surface area contributed by atoms with E-state index >= 15 is 0 Å². The van der Waals surface area contributed by atoms with E-state index in [0.717, 1.165) is 32.8 Å². The van der Waals surface area contributed by atoms with Gasteiger partial charge < -0.3 is 24.4 Å². The molecular weight excluding hydrogens is 326 g/mol. The van der Waals surface area contributed by atoms with Gasteiger partial charge in [0.2, 0.25) is 0 Å². The maximum atomic E-state index is 11.7. The summed E-state index contributed by atoms with van der Waals surface area (Å²) in [4.78, 5) is 13.9. The van der Waals surface area contributed by atoms with Crippen LogP contribution in [-0.2, 0) is 4.74 Å². The zero-order valence-electron chi connectivity index (χ0n) is 14.0. The number of carboxylic acids is 1. The normalized spacial score (nSPS) is 15.1. The van der Waals surface area contributed by atoms with Crippen LogP contribution in [0.3, 0.4) is 0 Å². The summed E-state index contributed by atoms with van der Waals surface area (Å²) in [7, 11) is 1.57. The fourth-order valence-electron chi connectivity index (χ4n) is 2.71. The van der Waals surface area contributed by atoms with Crippen LogP contribution in [0.4, 0.5) is 5.82 Å². The number of aromatic nitrogens is 1. The van der Waals surface area contributed by atoms with Crippen molar-refractivity contribution >= 4 is 11.8 Å². The summed E-state index contributed by atoms with van der Waals surface area (Å²) in [6.07, 6.45) is 0. The Hall–Kier alpha value is -2.58. The van der Waals surface area contributed by atoms with E-state index in [2.05, 4.69) is 15.4 Å². The smallest absolute Gasteiger partial charge is 0.343 e. The molecule has 134 valence electrons. The van der Waals surface area contributed by atoms with E-state index in [1.165, 1.54) is 0 Å². The maximum Gasteiger partial charge on any atom is 0.343 e. The Balaban J connectivity index is 1.71. The summed E-state index contributed by atoms with van der Waals surface area (Å²) in [5.41, 5.74) is 0.666. The van der Waals surface area contributed by atoms with Gasteiger partial charge >= 0.3 is 5.97 Å². The molecule has 8 nitrogen and oxygen atoms in total. The molecule has 1 saturated heterocycles. The fraction of sp³-hybridized carbons (Fsp3) is 0.412. The summed E-state index contributed by atoms with van der Waals surface area (Å²) >= 11 is 0. The van der Waals surface area contributed by atoms with Gasteiger partial charge in [-0.2, -0.15) is 0 Å². The van der Waals surface area contributed by atoms with Crippen LogP contribution in [0.15, 0.2) is 28.8 Å². The molecule has 1 fully saturated rings. The van der Waals surface area contributed by atoms with Crippen molar-refractivity contribution in [2.75, 3.05) is 51.8 Å². The minimum Gasteiger partial charge on any atom is -0.497 e. The number of nitrogens with one attached hydrogen (secondary N) is 1. The van der Waals surface area contributed by atoms with E-state index in [9.17, 15) is 9.90 Å². The topological polar surface area (TPSA) is 97.1 Å². The molecule has 1 aromatic carbocycles. The summed E-state index contributed by atoms with van der Waals surface area (Å²) in [6.45, 7) is 4.58. The van der Waals surface area contributed by atoms with E-state index < -0.39 is 5.97 Å². The maximum absolute atomic E-state index is 11.7. The van der Waals surface area contributed by atoms with Crippen LogP contribution < -0.4 is 10.1 Å². The predicted molar refractivity (Wildman–Crippen MR) is 91.2 cm³/mol. The van der Waals surface area contributed by atoms with Gasteiger partial charge in [0.05, 0.1) is 20.3 Å². The lowest BCUT2D eigenvalue weighted by Crippen LogP contribution is -2.39. The number of carboxylic acid groups (broad SMARTS) is 1. The van der Waals surface area contributed by atoms with Crippen LogP contribution in [-0.4, -0.2) is 67.6 Å². The number of aromatic carboxylic acids is 1. The summed E-state index contributed by atoms with van der Waals surface area (Å²) in [6, 6.07) is 6.97. The number of nitrogens with zero attached hydrogens (tertiary/aromatic N) is 2. The third-order valence-electron chi connectivity index (χ3n) is 4.08. The van der Waals surface area contributed by atoms with Crippen LogP contribution in [0.2, 0.25) is 0 Å². The molecule has 1 aliphatic heterocycles. The van der Waals surface area contributed by atoms with E-state index in [1.807, 2.05) is 0 Å². The van der Waals surface area contributed by atoms with E-state index in [4.69, 9.17) is 14.0 Å². The second-order valence-electron chi connectivity index (χ2n) is 5.65. The molecule has 2 N–H and O–H groups in total. The van der Waals surface area contributed by atoms with Crippen molar-refractivity contribution in [2.45, 2.75) is 0 Å². The van der Waals surface area contributed by atoms with Crippen molar-refractivity contribution in [3.63, 3.8) is 0 Å². The highest BCUT2D eigenvalue weighted by molar-refractivity contribution is 5.99. The van der Waals surface area contributed by atoms with Gasteiger partial charge in [-0.15, -0.1) is 0 Å². The minimum atomic E-state index is -1.08. The number of rotatable bonds is 7. The molecule has 0 spiro atoms. The Kier molecular flexibility index (Phi) is 5.52. The first-order valence-corrected chi connectivity index (χ1v) is 8.10. The first kappa shape index (κ1) is 17.2. The SMILES string of the molecule is COc1ccc(-c2onc(NCCN3CCOCC3)c2C(=O)O)cc1. The van der Waals surface area contributed by atoms with Crippen LogP contribution in [0.1, 0.15) is 10.4 Å². The van der Waals surface area contributed by atoms with Gasteiger partial charge in [0.15, 0.2) is 17.1 Å². The van der Waals surface area contributed by atoms with Crippen molar-refractivity contribution in [2.24, 2.45) is 0 Å². The average molecular weight is 347 g/mol. The quantitative estimate of drug-likeness (QED) is 0.782. The standard InChI is InChI=1S/C17H21N3O5/c1-23-13-4-2-12(3-5-13)15-14(17(21)22)16(19-25-15)18-6-7-20-8-10-24-11-9-20/h2-5H,6-11H2,1H3,(H,18,19)(H,21,22). The minimum absolute atomic E-state index is 0.0344. The lowest BCUT2D eigenvalue weighted by atomic mass is 10.1. The number of hydrogen-bond acceptors (Lipinski definition) is 7. The lowest BCUT2D eigenvalue weighted by Gasteiger charge is -2.26. The molecule has 2 heterocycles. The van der Waals surface area contributed by atoms with Gasteiger partial charge in [-0.3, -0.25) is 4.90 Å². The Morgan fingerprint density at radius 2 is 2.04 bits per heavy atom. The Morgan fingerprint density at radius 3 is 2.68 bits per heavy atom. The summed E-state index contributed by atoms with van der Waals surface area (Å²) < 4.78 is 15.7. The molecule has 1 aliphatic rings. The second-order valence-corrected chi connectivity index (χ2v) is 5.65. The third-order valence-corrected chi connectivity index (χ3v) is 4.08. The number of morpholine rings is 1. The highest BCUT2D eigenvalue weighted by Gasteiger charge is 2.24. The Labute approximate surface area is 145 Å². The first-order valence-electron chi connectivity index (χ1n) is 8.10.